The highest BCUT2D eigenvalue weighted by molar-refractivity contribution is 5.86. The Labute approximate surface area is 359 Å². The van der Waals surface area contributed by atoms with Crippen molar-refractivity contribution in [2.75, 3.05) is 0 Å². The summed E-state index contributed by atoms with van der Waals surface area (Å²) in [6, 6.07) is 64.2. The van der Waals surface area contributed by atoms with Crippen molar-refractivity contribution in [3.63, 3.8) is 0 Å². The molecule has 1 aromatic heterocycles. The minimum absolute atomic E-state index is 0.262. The molecular formula is C57H48N4. The maximum absolute atomic E-state index is 9.56. The Morgan fingerprint density at radius 2 is 0.770 bits per heavy atom. The van der Waals surface area contributed by atoms with Gasteiger partial charge in [0.2, 0.25) is 0 Å². The summed E-state index contributed by atoms with van der Waals surface area (Å²) in [5, 5.41) is 9.56. The number of fused-ring (bicyclic) bond motifs is 2. The standard InChI is InChI=1S/C57H48N4/c1-38-26-41-27-39(2)35-57(34-38,36-41)53-24-22-44(23-25-53)49-31-51(50-29-47(42-12-6-3-7-13-42)28-48(30-50)43-20-18-40(37-58)19-21-43)33-52(32-49)56-60-54(45-14-8-4-9-15-45)59-55(61-56)46-16-10-5-11-17-46/h3-25,28-33,38-39,41H,26-27,34-36H2,1-2H3/t38-,39+,41-,57?. The fourth-order valence-electron chi connectivity index (χ4n) is 10.6. The fraction of sp³-hybridized carbons (Fsp3) is 0.193. The van der Waals surface area contributed by atoms with Crippen molar-refractivity contribution < 1.29 is 0 Å². The van der Waals surface area contributed by atoms with Crippen LogP contribution < -0.4 is 0 Å². The smallest absolute Gasteiger partial charge is 0.164 e. The minimum Gasteiger partial charge on any atom is -0.208 e. The molecule has 8 aromatic rings. The maximum atomic E-state index is 9.56. The molecule has 2 fully saturated rings. The third-order valence-electron chi connectivity index (χ3n) is 13.1. The SMILES string of the molecule is C[C@@H]1C[C@@H]2C[C@H](C)CC(c3ccc(-c4cc(-c5cc(-c6ccccc6)cc(-c6ccc(C#N)cc6)c5)cc(-c5nc(-c6ccccc6)nc(-c6ccccc6)n5)c4)cc3)(C1)C2. The van der Waals surface area contributed by atoms with Gasteiger partial charge >= 0.3 is 0 Å². The van der Waals surface area contributed by atoms with E-state index in [1.807, 2.05) is 60.7 Å². The van der Waals surface area contributed by atoms with Crippen LogP contribution in [0.15, 0.2) is 176 Å². The lowest BCUT2D eigenvalue weighted by atomic mass is 9.54. The molecule has 2 aliphatic carbocycles. The van der Waals surface area contributed by atoms with Gasteiger partial charge in [-0.2, -0.15) is 5.26 Å². The van der Waals surface area contributed by atoms with Crippen LogP contribution in [0, 0.1) is 29.1 Å². The first kappa shape index (κ1) is 38.3. The van der Waals surface area contributed by atoms with E-state index in [-0.39, 0.29) is 5.41 Å². The number of nitriles is 1. The molecular weight excluding hydrogens is 741 g/mol. The Hall–Kier alpha value is -6.96. The Balaban J connectivity index is 1.16. The molecule has 4 heteroatoms. The minimum atomic E-state index is 0.262. The second-order valence-corrected chi connectivity index (χ2v) is 17.7. The molecule has 0 saturated heterocycles. The summed E-state index contributed by atoms with van der Waals surface area (Å²) < 4.78 is 0. The van der Waals surface area contributed by atoms with Gasteiger partial charge in [0.25, 0.3) is 0 Å². The number of nitrogens with zero attached hydrogens (tertiary/aromatic N) is 4. The van der Waals surface area contributed by atoms with Crippen LogP contribution in [0.25, 0.3) is 78.7 Å². The molecule has 2 bridgehead atoms. The van der Waals surface area contributed by atoms with E-state index < -0.39 is 0 Å². The van der Waals surface area contributed by atoms with Crippen LogP contribution in [0.2, 0.25) is 0 Å². The lowest BCUT2D eigenvalue weighted by molar-refractivity contribution is 0.0780. The van der Waals surface area contributed by atoms with Gasteiger partial charge in [-0.3, -0.25) is 0 Å². The summed E-state index contributed by atoms with van der Waals surface area (Å²) in [6.45, 7) is 4.93. The monoisotopic (exact) mass is 788 g/mol. The molecule has 0 amide bonds. The van der Waals surface area contributed by atoms with E-state index in [9.17, 15) is 5.26 Å². The van der Waals surface area contributed by atoms with Crippen molar-refractivity contribution >= 4 is 0 Å². The first-order valence-electron chi connectivity index (χ1n) is 21.7. The fourth-order valence-corrected chi connectivity index (χ4v) is 10.6. The predicted molar refractivity (Wildman–Crippen MR) is 249 cm³/mol. The molecule has 4 atom stereocenters. The second-order valence-electron chi connectivity index (χ2n) is 17.7. The van der Waals surface area contributed by atoms with Crippen LogP contribution in [0.5, 0.6) is 0 Å². The van der Waals surface area contributed by atoms with E-state index in [0.717, 1.165) is 73.4 Å². The normalized spacial score (nSPS) is 19.5. The Morgan fingerprint density at radius 1 is 0.410 bits per heavy atom. The molecule has 0 radical (unpaired) electrons. The van der Waals surface area contributed by atoms with E-state index in [1.165, 1.54) is 43.2 Å². The van der Waals surface area contributed by atoms with Gasteiger partial charge in [-0.15, -0.1) is 0 Å². The molecule has 1 heterocycles. The maximum Gasteiger partial charge on any atom is 0.164 e. The summed E-state index contributed by atoms with van der Waals surface area (Å²) in [5.74, 6) is 4.23. The second kappa shape index (κ2) is 16.2. The molecule has 10 rings (SSSR count). The molecule has 2 aliphatic rings. The topological polar surface area (TPSA) is 62.5 Å². The van der Waals surface area contributed by atoms with Gasteiger partial charge in [0.15, 0.2) is 17.5 Å². The average Bonchev–Trinajstić information content (AvgIpc) is 3.31. The van der Waals surface area contributed by atoms with Gasteiger partial charge in [0.05, 0.1) is 11.6 Å². The molecule has 0 spiro atoms. The first-order valence-corrected chi connectivity index (χ1v) is 21.7. The van der Waals surface area contributed by atoms with Crippen LogP contribution in [-0.4, -0.2) is 15.0 Å². The summed E-state index contributed by atoms with van der Waals surface area (Å²) in [5.41, 5.74) is 14.0. The van der Waals surface area contributed by atoms with Crippen LogP contribution in [0.1, 0.15) is 57.1 Å². The summed E-state index contributed by atoms with van der Waals surface area (Å²) in [6.07, 6.45) is 6.60. The molecule has 2 saturated carbocycles. The number of benzene rings is 7. The molecule has 0 N–H and O–H groups in total. The van der Waals surface area contributed by atoms with Crippen LogP contribution in [0.4, 0.5) is 0 Å². The number of aromatic nitrogens is 3. The lowest BCUT2D eigenvalue weighted by Crippen LogP contribution is -2.42. The summed E-state index contributed by atoms with van der Waals surface area (Å²) >= 11 is 0. The third-order valence-corrected chi connectivity index (χ3v) is 13.1. The lowest BCUT2D eigenvalue weighted by Gasteiger charge is -2.50. The highest BCUT2D eigenvalue weighted by atomic mass is 15.0. The van der Waals surface area contributed by atoms with E-state index in [1.54, 1.807) is 0 Å². The molecule has 4 nitrogen and oxygen atoms in total. The van der Waals surface area contributed by atoms with Crippen LogP contribution in [-0.2, 0) is 5.41 Å². The predicted octanol–water partition coefficient (Wildman–Crippen LogP) is 14.5. The Kier molecular flexibility index (Phi) is 10.2. The molecule has 61 heavy (non-hydrogen) atoms. The van der Waals surface area contributed by atoms with Crippen molar-refractivity contribution in [2.45, 2.75) is 51.4 Å². The zero-order valence-electron chi connectivity index (χ0n) is 34.8. The van der Waals surface area contributed by atoms with Crippen molar-refractivity contribution in [1.29, 1.82) is 5.26 Å². The molecule has 1 unspecified atom stereocenters. The van der Waals surface area contributed by atoms with Gasteiger partial charge in [-0.05, 0) is 154 Å². The highest BCUT2D eigenvalue weighted by Crippen LogP contribution is 2.54. The number of hydrogen-bond acceptors (Lipinski definition) is 4. The van der Waals surface area contributed by atoms with E-state index in [2.05, 4.69) is 135 Å². The van der Waals surface area contributed by atoms with Crippen LogP contribution in [0.3, 0.4) is 0 Å². The molecule has 0 aliphatic heterocycles. The van der Waals surface area contributed by atoms with Gasteiger partial charge in [0, 0.05) is 16.7 Å². The Bertz CT molecular complexity index is 2780. The molecule has 7 aromatic carbocycles. The van der Waals surface area contributed by atoms with Gasteiger partial charge in [-0.1, -0.05) is 141 Å². The van der Waals surface area contributed by atoms with Crippen molar-refractivity contribution in [3.05, 3.63) is 187 Å². The van der Waals surface area contributed by atoms with E-state index in [0.29, 0.717) is 23.0 Å². The van der Waals surface area contributed by atoms with Crippen molar-refractivity contribution in [2.24, 2.45) is 17.8 Å². The quantitative estimate of drug-likeness (QED) is 0.154. The van der Waals surface area contributed by atoms with Gasteiger partial charge in [0.1, 0.15) is 0 Å². The summed E-state index contributed by atoms with van der Waals surface area (Å²) in [7, 11) is 0. The highest BCUT2D eigenvalue weighted by Gasteiger charge is 2.45. The van der Waals surface area contributed by atoms with Crippen molar-refractivity contribution in [1.82, 2.24) is 15.0 Å². The van der Waals surface area contributed by atoms with Gasteiger partial charge in [-0.25, -0.2) is 15.0 Å². The van der Waals surface area contributed by atoms with E-state index in [4.69, 9.17) is 15.0 Å². The molecule has 296 valence electrons. The number of hydrogen-bond donors (Lipinski definition) is 0. The largest absolute Gasteiger partial charge is 0.208 e. The van der Waals surface area contributed by atoms with Crippen LogP contribution >= 0.6 is 0 Å². The third kappa shape index (κ3) is 7.93. The first-order chi connectivity index (χ1) is 29.9. The zero-order valence-corrected chi connectivity index (χ0v) is 34.8. The number of rotatable bonds is 8. The van der Waals surface area contributed by atoms with Gasteiger partial charge < -0.3 is 0 Å². The van der Waals surface area contributed by atoms with Crippen molar-refractivity contribution in [3.8, 4) is 84.7 Å². The van der Waals surface area contributed by atoms with E-state index >= 15 is 0 Å². The zero-order chi connectivity index (χ0) is 41.3. The average molecular weight is 789 g/mol. The Morgan fingerprint density at radius 3 is 1.21 bits per heavy atom. The summed E-state index contributed by atoms with van der Waals surface area (Å²) in [4.78, 5) is 15.4.